The van der Waals surface area contributed by atoms with Gasteiger partial charge >= 0.3 is 0 Å². The van der Waals surface area contributed by atoms with Crippen molar-refractivity contribution in [2.24, 2.45) is 0 Å². The summed E-state index contributed by atoms with van der Waals surface area (Å²) >= 11 is 1.87. The maximum atomic E-state index is 5.34. The number of piperidine rings is 1. The third-order valence-corrected chi connectivity index (χ3v) is 5.35. The molecule has 0 atom stereocenters. The minimum Gasteiger partial charge on any atom is -0.497 e. The third kappa shape index (κ3) is 1.90. The van der Waals surface area contributed by atoms with Crippen molar-refractivity contribution < 1.29 is 4.74 Å². The molecular formula is C16H18N2OS. The van der Waals surface area contributed by atoms with Gasteiger partial charge in [0.25, 0.3) is 0 Å². The molecule has 1 saturated heterocycles. The first kappa shape index (κ1) is 12.2. The Balaban J connectivity index is 1.70. The van der Waals surface area contributed by atoms with Crippen molar-refractivity contribution in [1.82, 2.24) is 4.98 Å². The molecule has 0 N–H and O–H groups in total. The summed E-state index contributed by atoms with van der Waals surface area (Å²) in [4.78, 5) is 8.78. The molecule has 1 aliphatic carbocycles. The Morgan fingerprint density at radius 1 is 1.20 bits per heavy atom. The molecule has 0 radical (unpaired) electrons. The van der Waals surface area contributed by atoms with Crippen LogP contribution in [0.15, 0.2) is 18.2 Å². The van der Waals surface area contributed by atoms with Crippen LogP contribution < -0.4 is 9.64 Å². The van der Waals surface area contributed by atoms with Gasteiger partial charge in [-0.3, -0.25) is 0 Å². The van der Waals surface area contributed by atoms with E-state index in [1.807, 2.05) is 17.4 Å². The van der Waals surface area contributed by atoms with Gasteiger partial charge in [-0.25, -0.2) is 4.98 Å². The molecule has 2 aliphatic rings. The number of benzene rings is 1. The highest BCUT2D eigenvalue weighted by Gasteiger charge is 2.26. The Morgan fingerprint density at radius 2 is 2.05 bits per heavy atom. The predicted molar refractivity (Wildman–Crippen MR) is 83.0 cm³/mol. The summed E-state index contributed by atoms with van der Waals surface area (Å²) in [6.45, 7) is 2.33. The quantitative estimate of drug-likeness (QED) is 0.718. The van der Waals surface area contributed by atoms with Crippen molar-refractivity contribution in [2.45, 2.75) is 25.7 Å². The number of nitrogens with zero attached hydrogens (tertiary/aromatic N) is 2. The van der Waals surface area contributed by atoms with Crippen LogP contribution in [0.4, 0.5) is 5.13 Å². The Kier molecular flexibility index (Phi) is 2.91. The lowest BCUT2D eigenvalue weighted by molar-refractivity contribution is 0.415. The topological polar surface area (TPSA) is 25.4 Å². The van der Waals surface area contributed by atoms with Crippen LogP contribution in [-0.4, -0.2) is 25.2 Å². The van der Waals surface area contributed by atoms with Crippen LogP contribution in [0, 0.1) is 0 Å². The van der Waals surface area contributed by atoms with E-state index in [1.165, 1.54) is 46.1 Å². The van der Waals surface area contributed by atoms with Gasteiger partial charge in [0.05, 0.1) is 12.8 Å². The minimum absolute atomic E-state index is 0.920. The van der Waals surface area contributed by atoms with Crippen LogP contribution in [0.3, 0.4) is 0 Å². The van der Waals surface area contributed by atoms with Crippen molar-refractivity contribution in [3.63, 3.8) is 0 Å². The van der Waals surface area contributed by atoms with Crippen LogP contribution in [0.5, 0.6) is 5.75 Å². The van der Waals surface area contributed by atoms with Crippen molar-refractivity contribution in [2.75, 3.05) is 25.1 Å². The Morgan fingerprint density at radius 3 is 2.85 bits per heavy atom. The highest BCUT2D eigenvalue weighted by atomic mass is 32.1. The second kappa shape index (κ2) is 4.77. The van der Waals surface area contributed by atoms with Gasteiger partial charge in [0.1, 0.15) is 5.75 Å². The molecule has 1 fully saturated rings. The first-order valence-corrected chi connectivity index (χ1v) is 8.09. The number of ether oxygens (including phenoxy) is 1. The lowest BCUT2D eigenvalue weighted by atomic mass is 10.1. The lowest BCUT2D eigenvalue weighted by Crippen LogP contribution is -2.29. The van der Waals surface area contributed by atoms with Gasteiger partial charge in [0, 0.05) is 30.0 Å². The van der Waals surface area contributed by atoms with Gasteiger partial charge in [-0.2, -0.15) is 0 Å². The summed E-state index contributed by atoms with van der Waals surface area (Å²) < 4.78 is 5.34. The van der Waals surface area contributed by atoms with E-state index in [2.05, 4.69) is 17.0 Å². The summed E-state index contributed by atoms with van der Waals surface area (Å²) in [6, 6.07) is 6.34. The molecule has 20 heavy (non-hydrogen) atoms. The molecule has 1 aliphatic heterocycles. The zero-order valence-electron chi connectivity index (χ0n) is 11.7. The molecule has 104 valence electrons. The molecule has 0 saturated carbocycles. The fraction of sp³-hybridized carbons (Fsp3) is 0.438. The summed E-state index contributed by atoms with van der Waals surface area (Å²) in [5, 5.41) is 1.21. The third-order valence-electron chi connectivity index (χ3n) is 4.24. The van der Waals surface area contributed by atoms with E-state index in [0.29, 0.717) is 0 Å². The van der Waals surface area contributed by atoms with Crippen LogP contribution in [0.2, 0.25) is 0 Å². The fourth-order valence-corrected chi connectivity index (χ4v) is 4.27. The molecule has 2 heterocycles. The zero-order valence-corrected chi connectivity index (χ0v) is 12.5. The molecule has 4 heteroatoms. The number of fused-ring (bicyclic) bond motifs is 3. The molecule has 0 bridgehead atoms. The van der Waals surface area contributed by atoms with Gasteiger partial charge in [0.2, 0.25) is 0 Å². The monoisotopic (exact) mass is 286 g/mol. The second-order valence-electron chi connectivity index (χ2n) is 5.52. The number of hydrogen-bond donors (Lipinski definition) is 0. The van der Waals surface area contributed by atoms with E-state index in [9.17, 15) is 0 Å². The van der Waals surface area contributed by atoms with Gasteiger partial charge in [0.15, 0.2) is 5.13 Å². The highest BCUT2D eigenvalue weighted by molar-refractivity contribution is 7.16. The van der Waals surface area contributed by atoms with E-state index in [-0.39, 0.29) is 0 Å². The highest BCUT2D eigenvalue weighted by Crippen LogP contribution is 2.43. The summed E-state index contributed by atoms with van der Waals surface area (Å²) in [5.41, 5.74) is 3.83. The molecule has 0 amide bonds. The summed E-state index contributed by atoms with van der Waals surface area (Å²) in [5.74, 6) is 0.920. The number of rotatable bonds is 2. The standard InChI is InChI=1S/C16H18N2OS/c1-19-12-6-5-11-9-14-15(13(11)10-12)17-16(20-14)18-7-3-2-4-8-18/h5-6,10H,2-4,7-9H2,1H3. The van der Waals surface area contributed by atoms with E-state index >= 15 is 0 Å². The molecule has 4 rings (SSSR count). The fourth-order valence-electron chi connectivity index (χ4n) is 3.12. The van der Waals surface area contributed by atoms with Crippen LogP contribution in [0.25, 0.3) is 11.3 Å². The van der Waals surface area contributed by atoms with Gasteiger partial charge < -0.3 is 9.64 Å². The van der Waals surface area contributed by atoms with Crippen LogP contribution in [0.1, 0.15) is 29.7 Å². The normalized spacial score (nSPS) is 16.9. The Bertz CT molecular complexity index is 644. The van der Waals surface area contributed by atoms with Crippen molar-refractivity contribution >= 4 is 16.5 Å². The molecular weight excluding hydrogens is 268 g/mol. The lowest BCUT2D eigenvalue weighted by Gasteiger charge is -2.25. The van der Waals surface area contributed by atoms with E-state index < -0.39 is 0 Å². The Hall–Kier alpha value is -1.55. The molecule has 1 aromatic heterocycles. The average Bonchev–Trinajstić information content (AvgIpc) is 3.05. The first-order valence-electron chi connectivity index (χ1n) is 7.27. The van der Waals surface area contributed by atoms with Crippen molar-refractivity contribution in [1.29, 1.82) is 0 Å². The van der Waals surface area contributed by atoms with Crippen LogP contribution >= 0.6 is 11.3 Å². The molecule has 1 aromatic carbocycles. The summed E-state index contributed by atoms with van der Waals surface area (Å²) in [6.07, 6.45) is 4.99. The number of methoxy groups -OCH3 is 1. The molecule has 0 unspecified atom stereocenters. The Labute approximate surface area is 123 Å². The molecule has 2 aromatic rings. The van der Waals surface area contributed by atoms with Gasteiger partial charge in [-0.05, 0) is 37.0 Å². The molecule has 3 nitrogen and oxygen atoms in total. The maximum Gasteiger partial charge on any atom is 0.186 e. The zero-order chi connectivity index (χ0) is 13.5. The van der Waals surface area contributed by atoms with Crippen LogP contribution in [-0.2, 0) is 6.42 Å². The minimum atomic E-state index is 0.920. The number of thiazole rings is 1. The average molecular weight is 286 g/mol. The smallest absolute Gasteiger partial charge is 0.186 e. The van der Waals surface area contributed by atoms with Gasteiger partial charge in [-0.15, -0.1) is 11.3 Å². The SMILES string of the molecule is COc1ccc2c(c1)-c1nc(N3CCCCC3)sc1C2. The maximum absolute atomic E-state index is 5.34. The predicted octanol–water partition coefficient (Wildman–Crippen LogP) is 3.71. The molecule has 0 spiro atoms. The number of anilines is 1. The van der Waals surface area contributed by atoms with Crippen molar-refractivity contribution in [3.05, 3.63) is 28.6 Å². The van der Waals surface area contributed by atoms with Crippen molar-refractivity contribution in [3.8, 4) is 17.0 Å². The van der Waals surface area contributed by atoms with Gasteiger partial charge in [-0.1, -0.05) is 6.07 Å². The largest absolute Gasteiger partial charge is 0.497 e. The first-order chi connectivity index (χ1) is 9.85. The second-order valence-corrected chi connectivity index (χ2v) is 6.58. The summed E-state index contributed by atoms with van der Waals surface area (Å²) in [7, 11) is 1.72. The van der Waals surface area contributed by atoms with E-state index in [1.54, 1.807) is 7.11 Å². The number of aromatic nitrogens is 1. The van der Waals surface area contributed by atoms with E-state index in [0.717, 1.165) is 25.3 Å². The number of hydrogen-bond acceptors (Lipinski definition) is 4. The van der Waals surface area contributed by atoms with E-state index in [4.69, 9.17) is 9.72 Å².